The molecule has 2 aromatic heterocycles. The van der Waals surface area contributed by atoms with Gasteiger partial charge in [-0.3, -0.25) is 10.1 Å². The van der Waals surface area contributed by atoms with Crippen molar-refractivity contribution in [3.05, 3.63) is 58.4 Å². The van der Waals surface area contributed by atoms with E-state index in [1.165, 1.54) is 16.9 Å². The van der Waals surface area contributed by atoms with Crippen LogP contribution in [-0.2, 0) is 0 Å². The summed E-state index contributed by atoms with van der Waals surface area (Å²) in [5.74, 6) is 0.178. The molecule has 0 saturated carbocycles. The van der Waals surface area contributed by atoms with Gasteiger partial charge in [0.05, 0.1) is 16.6 Å². The molecule has 20 heavy (non-hydrogen) atoms. The minimum atomic E-state index is -0.190. The van der Waals surface area contributed by atoms with Crippen molar-refractivity contribution < 1.29 is 9.32 Å². The number of thiophene rings is 1. The number of amides is 1. The minimum Gasteiger partial charge on any atom is -0.338 e. The second-order valence-corrected chi connectivity index (χ2v) is 5.31. The van der Waals surface area contributed by atoms with E-state index < -0.39 is 0 Å². The normalized spacial score (nSPS) is 10.4. The van der Waals surface area contributed by atoms with Crippen LogP contribution in [0.4, 0.5) is 5.88 Å². The molecule has 0 fully saturated rings. The summed E-state index contributed by atoms with van der Waals surface area (Å²) in [6, 6.07) is 11.6. The smallest absolute Gasteiger partial charge is 0.268 e. The summed E-state index contributed by atoms with van der Waals surface area (Å²) in [4.78, 5) is 12.7. The molecule has 0 radical (unpaired) electrons. The van der Waals surface area contributed by atoms with Crippen LogP contribution in [0.3, 0.4) is 0 Å². The van der Waals surface area contributed by atoms with Crippen molar-refractivity contribution in [3.8, 4) is 11.1 Å². The van der Waals surface area contributed by atoms with E-state index in [2.05, 4.69) is 10.5 Å². The molecule has 1 N–H and O–H groups in total. The van der Waals surface area contributed by atoms with Gasteiger partial charge in [0.15, 0.2) is 0 Å². The van der Waals surface area contributed by atoms with Gasteiger partial charge in [-0.05, 0) is 23.9 Å². The van der Waals surface area contributed by atoms with Crippen LogP contribution in [0.1, 0.15) is 15.2 Å². The van der Waals surface area contributed by atoms with Crippen LogP contribution < -0.4 is 5.32 Å². The average Bonchev–Trinajstić information content (AvgIpc) is 3.10. The minimum absolute atomic E-state index is 0.190. The van der Waals surface area contributed by atoms with Gasteiger partial charge in [-0.15, -0.1) is 11.3 Å². The number of aryl methyl sites for hydroxylation is 1. The molecular weight excluding hydrogens is 272 g/mol. The molecule has 0 saturated heterocycles. The number of nitrogens with one attached hydrogen (secondary N) is 1. The average molecular weight is 284 g/mol. The Bertz CT molecular complexity index is 715. The maximum atomic E-state index is 12.0. The van der Waals surface area contributed by atoms with Crippen molar-refractivity contribution in [2.24, 2.45) is 0 Å². The van der Waals surface area contributed by atoms with E-state index in [9.17, 15) is 4.79 Å². The Labute approximate surface area is 120 Å². The quantitative estimate of drug-likeness (QED) is 0.792. The van der Waals surface area contributed by atoms with Crippen LogP contribution in [0.2, 0.25) is 0 Å². The van der Waals surface area contributed by atoms with Crippen molar-refractivity contribution in [3.63, 3.8) is 0 Å². The molecule has 0 spiro atoms. The zero-order chi connectivity index (χ0) is 13.9. The highest BCUT2D eigenvalue weighted by Crippen LogP contribution is 2.28. The summed E-state index contributed by atoms with van der Waals surface area (Å²) in [7, 11) is 0. The number of nitrogens with zero attached hydrogens (tertiary/aromatic N) is 1. The molecular formula is C15H12N2O2S. The summed E-state index contributed by atoms with van der Waals surface area (Å²) in [6.07, 6.45) is 1.61. The largest absolute Gasteiger partial charge is 0.338 e. The Kier molecular flexibility index (Phi) is 3.35. The van der Waals surface area contributed by atoms with Gasteiger partial charge in [-0.1, -0.05) is 41.1 Å². The lowest BCUT2D eigenvalue weighted by Gasteiger charge is -2.03. The van der Waals surface area contributed by atoms with Crippen molar-refractivity contribution in [1.29, 1.82) is 0 Å². The first kappa shape index (κ1) is 12.6. The number of hydrogen-bond acceptors (Lipinski definition) is 4. The predicted molar refractivity (Wildman–Crippen MR) is 78.9 cm³/mol. The van der Waals surface area contributed by atoms with Gasteiger partial charge in [-0.25, -0.2) is 0 Å². The fourth-order valence-electron chi connectivity index (χ4n) is 1.84. The van der Waals surface area contributed by atoms with Crippen LogP contribution in [0.15, 0.2) is 52.5 Å². The molecule has 0 bridgehead atoms. The van der Waals surface area contributed by atoms with Crippen molar-refractivity contribution in [1.82, 2.24) is 5.16 Å². The van der Waals surface area contributed by atoms with Gasteiger partial charge in [0, 0.05) is 0 Å². The van der Waals surface area contributed by atoms with Gasteiger partial charge in [-0.2, -0.15) is 0 Å². The summed E-state index contributed by atoms with van der Waals surface area (Å²) in [5, 5.41) is 8.37. The van der Waals surface area contributed by atoms with Crippen LogP contribution >= 0.6 is 11.3 Å². The monoisotopic (exact) mass is 284 g/mol. The van der Waals surface area contributed by atoms with Crippen LogP contribution in [-0.4, -0.2) is 11.1 Å². The number of benzene rings is 1. The molecule has 0 aliphatic carbocycles. The summed E-state index contributed by atoms with van der Waals surface area (Å²) in [5.41, 5.74) is 2.91. The van der Waals surface area contributed by atoms with Gasteiger partial charge in [0.1, 0.15) is 0 Å². The van der Waals surface area contributed by atoms with Gasteiger partial charge in [0.25, 0.3) is 5.91 Å². The van der Waals surface area contributed by atoms with E-state index in [1.54, 1.807) is 12.3 Å². The first-order valence-corrected chi connectivity index (χ1v) is 6.98. The topological polar surface area (TPSA) is 55.1 Å². The fraction of sp³-hybridized carbons (Fsp3) is 0.0667. The predicted octanol–water partition coefficient (Wildman–Crippen LogP) is 3.96. The van der Waals surface area contributed by atoms with E-state index in [4.69, 9.17) is 4.52 Å². The molecule has 2 heterocycles. The molecule has 4 nitrogen and oxygen atoms in total. The van der Waals surface area contributed by atoms with E-state index in [0.717, 1.165) is 11.1 Å². The van der Waals surface area contributed by atoms with Gasteiger partial charge >= 0.3 is 0 Å². The van der Waals surface area contributed by atoms with Gasteiger partial charge < -0.3 is 4.52 Å². The summed E-state index contributed by atoms with van der Waals surface area (Å²) < 4.78 is 5.14. The number of carbonyl (C=O) groups is 1. The molecule has 1 aromatic carbocycles. The number of hydrogen-bond donors (Lipinski definition) is 1. The SMILES string of the molecule is Cc1ccc(-c2cnoc2NC(=O)c2cccs2)cc1. The van der Waals surface area contributed by atoms with Crippen molar-refractivity contribution in [2.75, 3.05) is 5.32 Å². The molecule has 0 unspecified atom stereocenters. The van der Waals surface area contributed by atoms with Crippen molar-refractivity contribution >= 4 is 23.1 Å². The molecule has 0 atom stereocenters. The van der Waals surface area contributed by atoms with Gasteiger partial charge in [0.2, 0.25) is 5.88 Å². The molecule has 5 heteroatoms. The molecule has 0 aliphatic heterocycles. The summed E-state index contributed by atoms with van der Waals surface area (Å²) in [6.45, 7) is 2.02. The zero-order valence-electron chi connectivity index (χ0n) is 10.8. The van der Waals surface area contributed by atoms with Crippen LogP contribution in [0.25, 0.3) is 11.1 Å². The lowest BCUT2D eigenvalue weighted by molar-refractivity contribution is 0.102. The van der Waals surface area contributed by atoms with Crippen LogP contribution in [0.5, 0.6) is 0 Å². The first-order chi connectivity index (χ1) is 9.74. The Morgan fingerprint density at radius 2 is 2.05 bits per heavy atom. The second kappa shape index (κ2) is 5.30. The molecule has 100 valence electrons. The highest BCUT2D eigenvalue weighted by molar-refractivity contribution is 7.12. The second-order valence-electron chi connectivity index (χ2n) is 4.37. The number of anilines is 1. The number of rotatable bonds is 3. The highest BCUT2D eigenvalue weighted by Gasteiger charge is 2.15. The Balaban J connectivity index is 1.87. The molecule has 1 amide bonds. The molecule has 3 rings (SSSR count). The number of carbonyl (C=O) groups excluding carboxylic acids is 1. The molecule has 0 aliphatic rings. The standard InChI is InChI=1S/C15H12N2O2S/c1-10-4-6-11(7-5-10)12-9-16-19-15(12)17-14(18)13-3-2-8-20-13/h2-9H,1H3,(H,17,18). The first-order valence-electron chi connectivity index (χ1n) is 6.10. The van der Waals surface area contributed by atoms with E-state index in [1.807, 2.05) is 42.6 Å². The Hall–Kier alpha value is -2.40. The molecule has 3 aromatic rings. The zero-order valence-corrected chi connectivity index (χ0v) is 11.6. The third-order valence-corrected chi connectivity index (χ3v) is 3.77. The van der Waals surface area contributed by atoms with Crippen LogP contribution in [0, 0.1) is 6.92 Å². The van der Waals surface area contributed by atoms with E-state index in [0.29, 0.717) is 10.8 Å². The Morgan fingerprint density at radius 3 is 2.75 bits per heavy atom. The third kappa shape index (κ3) is 2.48. The number of aromatic nitrogens is 1. The third-order valence-electron chi connectivity index (χ3n) is 2.91. The fourth-order valence-corrected chi connectivity index (χ4v) is 2.46. The maximum absolute atomic E-state index is 12.0. The Morgan fingerprint density at radius 1 is 1.25 bits per heavy atom. The maximum Gasteiger partial charge on any atom is 0.268 e. The lowest BCUT2D eigenvalue weighted by Crippen LogP contribution is -2.10. The van der Waals surface area contributed by atoms with E-state index in [-0.39, 0.29) is 5.91 Å². The summed E-state index contributed by atoms with van der Waals surface area (Å²) >= 11 is 1.38. The van der Waals surface area contributed by atoms with Crippen molar-refractivity contribution in [2.45, 2.75) is 6.92 Å². The van der Waals surface area contributed by atoms with E-state index >= 15 is 0 Å². The lowest BCUT2D eigenvalue weighted by atomic mass is 10.1. The highest BCUT2D eigenvalue weighted by atomic mass is 32.1.